The average Bonchev–Trinajstić information content (AvgIpc) is 2.61. The van der Waals surface area contributed by atoms with Crippen LogP contribution in [-0.4, -0.2) is 19.1 Å². The van der Waals surface area contributed by atoms with Crippen LogP contribution in [0.15, 0.2) is 42.5 Å². The van der Waals surface area contributed by atoms with Gasteiger partial charge in [-0.1, -0.05) is 30.3 Å². The summed E-state index contributed by atoms with van der Waals surface area (Å²) in [4.78, 5) is 12.6. The van der Waals surface area contributed by atoms with Crippen molar-refractivity contribution in [3.63, 3.8) is 0 Å². The number of rotatable bonds is 2. The minimum absolute atomic E-state index is 0. The van der Waals surface area contributed by atoms with Crippen molar-refractivity contribution in [1.29, 1.82) is 0 Å². The Morgan fingerprint density at radius 2 is 1.96 bits per heavy atom. The third-order valence-corrected chi connectivity index (χ3v) is 4.59. The van der Waals surface area contributed by atoms with Crippen LogP contribution in [-0.2, 0) is 28.9 Å². The Labute approximate surface area is 148 Å². The number of benzene rings is 2. The zero-order valence-corrected chi connectivity index (χ0v) is 14.2. The molecule has 24 heavy (non-hydrogen) atoms. The van der Waals surface area contributed by atoms with Crippen LogP contribution in [0.5, 0.6) is 0 Å². The van der Waals surface area contributed by atoms with Crippen LogP contribution in [0.3, 0.4) is 0 Å². The first kappa shape index (κ1) is 17.0. The Balaban J connectivity index is 0.00000169. The lowest BCUT2D eigenvalue weighted by atomic mass is 9.97. The molecular formula is C19H21ClN2O2. The van der Waals surface area contributed by atoms with Gasteiger partial charge in [-0.25, -0.2) is 0 Å². The van der Waals surface area contributed by atoms with Gasteiger partial charge in [-0.15, -0.1) is 12.4 Å². The van der Waals surface area contributed by atoms with Crippen LogP contribution >= 0.6 is 12.4 Å². The van der Waals surface area contributed by atoms with E-state index in [2.05, 4.69) is 28.8 Å². The molecule has 0 saturated heterocycles. The van der Waals surface area contributed by atoms with E-state index in [1.165, 1.54) is 16.7 Å². The van der Waals surface area contributed by atoms with Crippen LogP contribution in [0, 0.1) is 0 Å². The zero-order chi connectivity index (χ0) is 15.6. The van der Waals surface area contributed by atoms with Gasteiger partial charge in [-0.3, -0.25) is 4.79 Å². The molecule has 0 fully saturated rings. The van der Waals surface area contributed by atoms with Crippen molar-refractivity contribution in [2.24, 2.45) is 0 Å². The molecule has 5 heteroatoms. The summed E-state index contributed by atoms with van der Waals surface area (Å²) in [5, 5.41) is 6.37. The Morgan fingerprint density at radius 3 is 2.88 bits per heavy atom. The largest absolute Gasteiger partial charge is 0.363 e. The molecule has 1 unspecified atom stereocenters. The molecule has 4 rings (SSSR count). The molecule has 1 atom stereocenters. The van der Waals surface area contributed by atoms with Gasteiger partial charge >= 0.3 is 0 Å². The van der Waals surface area contributed by atoms with Crippen LogP contribution < -0.4 is 10.6 Å². The lowest BCUT2D eigenvalue weighted by molar-refractivity contribution is -0.128. The highest BCUT2D eigenvalue weighted by atomic mass is 35.5. The van der Waals surface area contributed by atoms with Crippen molar-refractivity contribution in [3.05, 3.63) is 64.7 Å². The summed E-state index contributed by atoms with van der Waals surface area (Å²) in [5.41, 5.74) is 5.65. The molecule has 2 aliphatic heterocycles. The second kappa shape index (κ2) is 7.34. The normalized spacial score (nSPS) is 18.8. The maximum Gasteiger partial charge on any atom is 0.258 e. The van der Waals surface area contributed by atoms with Gasteiger partial charge in [0.25, 0.3) is 5.91 Å². The number of anilines is 1. The molecule has 0 bridgehead atoms. The fraction of sp³-hybridized carbons (Fsp3) is 0.316. The molecule has 2 aromatic rings. The Morgan fingerprint density at radius 1 is 1.08 bits per heavy atom. The highest BCUT2D eigenvalue weighted by molar-refractivity contribution is 5.95. The van der Waals surface area contributed by atoms with Crippen molar-refractivity contribution in [3.8, 4) is 0 Å². The third-order valence-electron chi connectivity index (χ3n) is 4.59. The number of ether oxygens (including phenoxy) is 1. The first-order chi connectivity index (χ1) is 11.3. The summed E-state index contributed by atoms with van der Waals surface area (Å²) in [6.07, 6.45) is 1.39. The summed E-state index contributed by atoms with van der Waals surface area (Å²) < 4.78 is 5.73. The van der Waals surface area contributed by atoms with Crippen LogP contribution in [0.1, 0.15) is 28.4 Å². The second-order valence-electron chi connectivity index (χ2n) is 6.10. The van der Waals surface area contributed by atoms with Crippen molar-refractivity contribution in [2.45, 2.75) is 25.5 Å². The van der Waals surface area contributed by atoms with E-state index in [9.17, 15) is 4.79 Å². The topological polar surface area (TPSA) is 50.4 Å². The SMILES string of the molecule is Cl.O=C(Nc1ccc2c(c1)CNCC2)C1OCCc2ccccc21. The van der Waals surface area contributed by atoms with E-state index in [0.29, 0.717) is 6.61 Å². The maximum atomic E-state index is 12.6. The third kappa shape index (κ3) is 3.31. The molecule has 0 radical (unpaired) electrons. The number of carbonyl (C=O) groups excluding carboxylic acids is 1. The standard InChI is InChI=1S/C19H20N2O2.ClH/c22-19(18-17-4-2-1-3-14(17)8-10-23-18)21-16-6-5-13-7-9-20-12-15(13)11-16;/h1-6,11,18,20H,7-10,12H2,(H,21,22);1H. The predicted molar refractivity (Wildman–Crippen MR) is 96.6 cm³/mol. The minimum atomic E-state index is -0.519. The maximum absolute atomic E-state index is 12.6. The summed E-state index contributed by atoms with van der Waals surface area (Å²) in [6.45, 7) is 2.47. The van der Waals surface area contributed by atoms with Crippen LogP contribution in [0.4, 0.5) is 5.69 Å². The highest BCUT2D eigenvalue weighted by Crippen LogP contribution is 2.28. The summed E-state index contributed by atoms with van der Waals surface area (Å²) in [6, 6.07) is 14.2. The monoisotopic (exact) mass is 344 g/mol. The van der Waals surface area contributed by atoms with Gasteiger partial charge in [0.1, 0.15) is 0 Å². The molecular weight excluding hydrogens is 324 g/mol. The Bertz CT molecular complexity index is 748. The highest BCUT2D eigenvalue weighted by Gasteiger charge is 2.27. The van der Waals surface area contributed by atoms with E-state index in [0.717, 1.165) is 37.2 Å². The van der Waals surface area contributed by atoms with Gasteiger partial charge in [0.2, 0.25) is 0 Å². The Kier molecular flexibility index (Phi) is 5.19. The van der Waals surface area contributed by atoms with E-state index in [4.69, 9.17) is 4.74 Å². The van der Waals surface area contributed by atoms with Crippen molar-refractivity contribution in [2.75, 3.05) is 18.5 Å². The molecule has 2 heterocycles. The average molecular weight is 345 g/mol. The number of carbonyl (C=O) groups is 1. The first-order valence-corrected chi connectivity index (χ1v) is 8.14. The minimum Gasteiger partial charge on any atom is -0.363 e. The summed E-state index contributed by atoms with van der Waals surface area (Å²) in [5.74, 6) is -0.0964. The van der Waals surface area contributed by atoms with Crippen LogP contribution in [0.25, 0.3) is 0 Å². The zero-order valence-electron chi connectivity index (χ0n) is 13.4. The van der Waals surface area contributed by atoms with Gasteiger partial charge in [0, 0.05) is 12.2 Å². The van der Waals surface area contributed by atoms with Gasteiger partial charge in [-0.05, 0) is 53.8 Å². The van der Waals surface area contributed by atoms with E-state index < -0.39 is 6.10 Å². The first-order valence-electron chi connectivity index (χ1n) is 8.14. The molecule has 0 saturated carbocycles. The smallest absolute Gasteiger partial charge is 0.258 e. The number of nitrogens with one attached hydrogen (secondary N) is 2. The van der Waals surface area contributed by atoms with Gasteiger partial charge in [0.15, 0.2) is 6.10 Å². The molecule has 4 nitrogen and oxygen atoms in total. The van der Waals surface area contributed by atoms with Gasteiger partial charge < -0.3 is 15.4 Å². The molecule has 1 amide bonds. The Hall–Kier alpha value is -1.88. The molecule has 2 aliphatic rings. The van der Waals surface area contributed by atoms with Crippen molar-refractivity contribution in [1.82, 2.24) is 5.32 Å². The number of hydrogen-bond donors (Lipinski definition) is 2. The van der Waals surface area contributed by atoms with Crippen LogP contribution in [0.2, 0.25) is 0 Å². The lowest BCUT2D eigenvalue weighted by Gasteiger charge is -2.25. The summed E-state index contributed by atoms with van der Waals surface area (Å²) in [7, 11) is 0. The second-order valence-corrected chi connectivity index (χ2v) is 6.10. The molecule has 0 spiro atoms. The number of halogens is 1. The lowest BCUT2D eigenvalue weighted by Crippen LogP contribution is -2.28. The van der Waals surface area contributed by atoms with E-state index in [-0.39, 0.29) is 18.3 Å². The fourth-order valence-electron chi connectivity index (χ4n) is 3.38. The van der Waals surface area contributed by atoms with Crippen molar-refractivity contribution < 1.29 is 9.53 Å². The molecule has 0 aromatic heterocycles. The molecule has 2 aromatic carbocycles. The van der Waals surface area contributed by atoms with Gasteiger partial charge in [0.05, 0.1) is 6.61 Å². The fourth-order valence-corrected chi connectivity index (χ4v) is 3.38. The van der Waals surface area contributed by atoms with E-state index in [1.807, 2.05) is 24.3 Å². The molecule has 0 aliphatic carbocycles. The predicted octanol–water partition coefficient (Wildman–Crippen LogP) is 3.01. The number of hydrogen-bond acceptors (Lipinski definition) is 3. The van der Waals surface area contributed by atoms with E-state index >= 15 is 0 Å². The van der Waals surface area contributed by atoms with Crippen molar-refractivity contribution >= 4 is 24.0 Å². The number of fused-ring (bicyclic) bond motifs is 2. The summed E-state index contributed by atoms with van der Waals surface area (Å²) >= 11 is 0. The quantitative estimate of drug-likeness (QED) is 0.880. The van der Waals surface area contributed by atoms with E-state index in [1.54, 1.807) is 0 Å². The number of amides is 1. The molecule has 126 valence electrons. The van der Waals surface area contributed by atoms with Gasteiger partial charge in [-0.2, -0.15) is 0 Å². The molecule has 2 N–H and O–H groups in total.